The number of aryl methyl sites for hydroxylation is 1. The number of ether oxygens (including phenoxy) is 2. The lowest BCUT2D eigenvalue weighted by Gasteiger charge is -2.06. The maximum Gasteiger partial charge on any atom is 0.306 e. The summed E-state index contributed by atoms with van der Waals surface area (Å²) in [6.45, 7) is 5.18. The van der Waals surface area contributed by atoms with Crippen molar-refractivity contribution < 1.29 is 19.1 Å². The van der Waals surface area contributed by atoms with Gasteiger partial charge in [0.25, 0.3) is 0 Å². The molecular weight excluding hydrogens is 376 g/mol. The third kappa shape index (κ3) is 15.1. The predicted octanol–water partition coefficient (Wildman–Crippen LogP) is 7.06. The first kappa shape index (κ1) is 26.2. The fourth-order valence-electron chi connectivity index (χ4n) is 3.31. The first-order valence-corrected chi connectivity index (χ1v) is 12.0. The van der Waals surface area contributed by atoms with Crippen molar-refractivity contribution in [3.63, 3.8) is 0 Å². The van der Waals surface area contributed by atoms with Crippen LogP contribution in [0.3, 0.4) is 0 Å². The summed E-state index contributed by atoms with van der Waals surface area (Å²) >= 11 is 0. The molecule has 0 amide bonds. The zero-order chi connectivity index (χ0) is 21.9. The Kier molecular flexibility index (Phi) is 15.7. The third-order valence-electron chi connectivity index (χ3n) is 5.29. The normalized spacial score (nSPS) is 10.7. The Labute approximate surface area is 183 Å². The molecule has 0 aliphatic heterocycles. The summed E-state index contributed by atoms with van der Waals surface area (Å²) in [6.07, 6.45) is 14.3. The van der Waals surface area contributed by atoms with Gasteiger partial charge in [-0.1, -0.05) is 94.5 Å². The molecule has 0 fully saturated rings. The van der Waals surface area contributed by atoms with Gasteiger partial charge in [0, 0.05) is 12.8 Å². The number of hydrogen-bond donors (Lipinski definition) is 0. The van der Waals surface area contributed by atoms with Gasteiger partial charge in [-0.05, 0) is 31.7 Å². The number of carbonyl (C=O) groups is 2. The number of rotatable bonds is 18. The molecule has 0 aliphatic carbocycles. The van der Waals surface area contributed by atoms with Crippen LogP contribution in [0.15, 0.2) is 24.3 Å². The van der Waals surface area contributed by atoms with Crippen LogP contribution in [0.2, 0.25) is 0 Å². The Balaban J connectivity index is 1.85. The van der Waals surface area contributed by atoms with Crippen LogP contribution in [0.5, 0.6) is 0 Å². The van der Waals surface area contributed by atoms with Crippen LogP contribution in [0, 0.1) is 6.92 Å². The van der Waals surface area contributed by atoms with Crippen LogP contribution < -0.4 is 0 Å². The number of hydrogen-bond acceptors (Lipinski definition) is 4. The standard InChI is InChI=1S/C26H42O4/c1-3-4-5-6-11-14-21-29-25(27)15-12-9-7-8-10-13-16-26(28)30-22-24-19-17-23(2)18-20-24/h17-20H,3-16,21-22H2,1-2H3. The molecule has 0 bridgehead atoms. The second-order valence-corrected chi connectivity index (χ2v) is 8.26. The maximum atomic E-state index is 11.8. The predicted molar refractivity (Wildman–Crippen MR) is 122 cm³/mol. The minimum Gasteiger partial charge on any atom is -0.466 e. The molecule has 1 aromatic carbocycles. The van der Waals surface area contributed by atoms with Gasteiger partial charge < -0.3 is 9.47 Å². The molecule has 170 valence electrons. The largest absolute Gasteiger partial charge is 0.466 e. The third-order valence-corrected chi connectivity index (χ3v) is 5.29. The average molecular weight is 419 g/mol. The Morgan fingerprint density at radius 1 is 0.667 bits per heavy atom. The molecule has 0 aliphatic rings. The van der Waals surface area contributed by atoms with E-state index in [1.54, 1.807) is 0 Å². The van der Waals surface area contributed by atoms with E-state index >= 15 is 0 Å². The highest BCUT2D eigenvalue weighted by Crippen LogP contribution is 2.11. The number of esters is 2. The molecule has 4 nitrogen and oxygen atoms in total. The minimum atomic E-state index is -0.122. The van der Waals surface area contributed by atoms with E-state index in [-0.39, 0.29) is 11.9 Å². The summed E-state index contributed by atoms with van der Waals surface area (Å²) in [5.74, 6) is -0.177. The highest BCUT2D eigenvalue weighted by atomic mass is 16.5. The molecule has 0 heterocycles. The first-order chi connectivity index (χ1) is 14.6. The van der Waals surface area contributed by atoms with Gasteiger partial charge in [-0.2, -0.15) is 0 Å². The number of benzene rings is 1. The molecule has 0 N–H and O–H groups in total. The van der Waals surface area contributed by atoms with Gasteiger partial charge in [-0.15, -0.1) is 0 Å². The molecule has 0 saturated heterocycles. The zero-order valence-electron chi connectivity index (χ0n) is 19.3. The van der Waals surface area contributed by atoms with Gasteiger partial charge in [0.15, 0.2) is 0 Å². The average Bonchev–Trinajstić information content (AvgIpc) is 2.74. The van der Waals surface area contributed by atoms with Crippen molar-refractivity contribution >= 4 is 11.9 Å². The van der Waals surface area contributed by atoms with E-state index in [1.165, 1.54) is 31.2 Å². The molecule has 0 radical (unpaired) electrons. The van der Waals surface area contributed by atoms with E-state index in [4.69, 9.17) is 9.47 Å². The van der Waals surface area contributed by atoms with Gasteiger partial charge in [0.1, 0.15) is 6.61 Å². The molecule has 1 rings (SSSR count). The van der Waals surface area contributed by atoms with Crippen LogP contribution in [0.25, 0.3) is 0 Å². The van der Waals surface area contributed by atoms with E-state index in [0.29, 0.717) is 26.1 Å². The highest BCUT2D eigenvalue weighted by molar-refractivity contribution is 5.69. The monoisotopic (exact) mass is 418 g/mol. The Bertz CT molecular complexity index is 565. The molecule has 0 spiro atoms. The summed E-state index contributed by atoms with van der Waals surface area (Å²) in [4.78, 5) is 23.5. The fourth-order valence-corrected chi connectivity index (χ4v) is 3.31. The molecule has 4 heteroatoms. The van der Waals surface area contributed by atoms with Crippen molar-refractivity contribution in [2.75, 3.05) is 6.61 Å². The zero-order valence-corrected chi connectivity index (χ0v) is 19.3. The second-order valence-electron chi connectivity index (χ2n) is 8.26. The second kappa shape index (κ2) is 18.0. The molecule has 0 atom stereocenters. The van der Waals surface area contributed by atoms with Gasteiger partial charge in [-0.3, -0.25) is 9.59 Å². The van der Waals surface area contributed by atoms with Gasteiger partial charge in [0.2, 0.25) is 0 Å². The summed E-state index contributed by atoms with van der Waals surface area (Å²) in [5.41, 5.74) is 2.23. The van der Waals surface area contributed by atoms with E-state index < -0.39 is 0 Å². The fraction of sp³-hybridized carbons (Fsp3) is 0.692. The van der Waals surface area contributed by atoms with Crippen molar-refractivity contribution in [1.29, 1.82) is 0 Å². The van der Waals surface area contributed by atoms with Gasteiger partial charge in [0.05, 0.1) is 6.61 Å². The lowest BCUT2D eigenvalue weighted by molar-refractivity contribution is -0.145. The maximum absolute atomic E-state index is 11.8. The summed E-state index contributed by atoms with van der Waals surface area (Å²) in [5, 5.41) is 0. The van der Waals surface area contributed by atoms with Crippen molar-refractivity contribution in [2.45, 2.75) is 110 Å². The van der Waals surface area contributed by atoms with Crippen molar-refractivity contribution in [1.82, 2.24) is 0 Å². The highest BCUT2D eigenvalue weighted by Gasteiger charge is 2.05. The number of carbonyl (C=O) groups excluding carboxylic acids is 2. The van der Waals surface area contributed by atoms with Crippen molar-refractivity contribution in [3.05, 3.63) is 35.4 Å². The first-order valence-electron chi connectivity index (χ1n) is 12.0. The van der Waals surface area contributed by atoms with Gasteiger partial charge in [-0.25, -0.2) is 0 Å². The molecular formula is C26H42O4. The van der Waals surface area contributed by atoms with Crippen LogP contribution in [-0.2, 0) is 25.7 Å². The van der Waals surface area contributed by atoms with E-state index in [1.807, 2.05) is 31.2 Å². The van der Waals surface area contributed by atoms with Crippen LogP contribution >= 0.6 is 0 Å². The van der Waals surface area contributed by atoms with Crippen molar-refractivity contribution in [3.8, 4) is 0 Å². The lowest BCUT2D eigenvalue weighted by atomic mass is 10.1. The molecule has 0 aromatic heterocycles. The summed E-state index contributed by atoms with van der Waals surface area (Å²) < 4.78 is 10.6. The lowest BCUT2D eigenvalue weighted by Crippen LogP contribution is -2.05. The SMILES string of the molecule is CCCCCCCCOC(=O)CCCCCCCCC(=O)OCc1ccc(C)cc1. The van der Waals surface area contributed by atoms with Crippen LogP contribution in [0.1, 0.15) is 108 Å². The van der Waals surface area contributed by atoms with Crippen LogP contribution in [-0.4, -0.2) is 18.5 Å². The van der Waals surface area contributed by atoms with E-state index in [0.717, 1.165) is 56.9 Å². The van der Waals surface area contributed by atoms with E-state index in [9.17, 15) is 9.59 Å². The Hall–Kier alpha value is -1.84. The van der Waals surface area contributed by atoms with Crippen LogP contribution in [0.4, 0.5) is 0 Å². The molecule has 1 aromatic rings. The van der Waals surface area contributed by atoms with Crippen molar-refractivity contribution in [2.24, 2.45) is 0 Å². The summed E-state index contributed by atoms with van der Waals surface area (Å²) in [7, 11) is 0. The Morgan fingerprint density at radius 2 is 1.17 bits per heavy atom. The Morgan fingerprint density at radius 3 is 1.77 bits per heavy atom. The van der Waals surface area contributed by atoms with E-state index in [2.05, 4.69) is 6.92 Å². The topological polar surface area (TPSA) is 52.6 Å². The molecule has 0 unspecified atom stereocenters. The molecule has 0 saturated carbocycles. The number of unbranched alkanes of at least 4 members (excludes halogenated alkanes) is 10. The minimum absolute atomic E-state index is 0.0557. The molecule has 30 heavy (non-hydrogen) atoms. The quantitative estimate of drug-likeness (QED) is 0.189. The smallest absolute Gasteiger partial charge is 0.306 e. The van der Waals surface area contributed by atoms with Gasteiger partial charge >= 0.3 is 11.9 Å². The summed E-state index contributed by atoms with van der Waals surface area (Å²) in [6, 6.07) is 8.04.